The van der Waals surface area contributed by atoms with Gasteiger partial charge in [-0.05, 0) is 38.1 Å². The highest BCUT2D eigenvalue weighted by Crippen LogP contribution is 2.26. The van der Waals surface area contributed by atoms with Crippen LogP contribution in [0.4, 0.5) is 9.52 Å². The van der Waals surface area contributed by atoms with Gasteiger partial charge in [0.2, 0.25) is 11.0 Å². The van der Waals surface area contributed by atoms with Gasteiger partial charge in [-0.1, -0.05) is 11.3 Å². The number of amides is 1. The number of aromatic nitrogens is 2. The number of nitrogens with one attached hydrogen (secondary N) is 1. The molecule has 2 aromatic rings. The summed E-state index contributed by atoms with van der Waals surface area (Å²) in [6.45, 7) is 3.74. The first kappa shape index (κ1) is 18.3. The smallest absolute Gasteiger partial charge is 0.315 e. The summed E-state index contributed by atoms with van der Waals surface area (Å²) >= 11 is 2.38. The predicted octanol–water partition coefficient (Wildman–Crippen LogP) is 2.97. The van der Waals surface area contributed by atoms with Gasteiger partial charge in [-0.3, -0.25) is 14.9 Å². The van der Waals surface area contributed by atoms with E-state index in [1.54, 1.807) is 26.0 Å². The summed E-state index contributed by atoms with van der Waals surface area (Å²) in [4.78, 5) is 23.4. The second-order valence-corrected chi connectivity index (χ2v) is 6.97. The van der Waals surface area contributed by atoms with Crippen molar-refractivity contribution in [2.45, 2.75) is 19.1 Å². The van der Waals surface area contributed by atoms with Crippen molar-refractivity contribution in [3.63, 3.8) is 0 Å². The van der Waals surface area contributed by atoms with Crippen LogP contribution in [0.1, 0.15) is 13.8 Å². The highest BCUT2D eigenvalue weighted by Gasteiger charge is 2.18. The largest absolute Gasteiger partial charge is 0.465 e. The van der Waals surface area contributed by atoms with E-state index in [1.165, 1.54) is 35.2 Å². The van der Waals surface area contributed by atoms with Crippen molar-refractivity contribution >= 4 is 40.1 Å². The second kappa shape index (κ2) is 8.74. The average molecular weight is 369 g/mol. The molecule has 2 rings (SSSR count). The predicted molar refractivity (Wildman–Crippen MR) is 92.5 cm³/mol. The Kier molecular flexibility index (Phi) is 6.68. The maximum Gasteiger partial charge on any atom is 0.315 e. The van der Waals surface area contributed by atoms with Crippen LogP contribution >= 0.6 is 23.1 Å². The Balaban J connectivity index is 1.90. The molecular weight excluding hydrogens is 353 g/mol. The Morgan fingerprint density at radius 1 is 1.33 bits per heavy atom. The first-order valence-corrected chi connectivity index (χ1v) is 9.03. The van der Waals surface area contributed by atoms with Crippen LogP contribution in [0, 0.1) is 5.82 Å². The summed E-state index contributed by atoms with van der Waals surface area (Å²) in [5, 5.41) is 11.0. The molecule has 1 aromatic heterocycles. The molecule has 0 saturated heterocycles. The first-order valence-electron chi connectivity index (χ1n) is 7.17. The molecule has 6 nitrogen and oxygen atoms in total. The summed E-state index contributed by atoms with van der Waals surface area (Å²) in [7, 11) is 0. The second-order valence-electron chi connectivity index (χ2n) is 4.67. The number of esters is 1. The highest BCUT2D eigenvalue weighted by molar-refractivity contribution is 8.01. The number of ether oxygens (including phenoxy) is 1. The maximum absolute atomic E-state index is 12.9. The summed E-state index contributed by atoms with van der Waals surface area (Å²) in [5.41, 5.74) is 0.721. The molecular formula is C15H16FN3O3S2. The van der Waals surface area contributed by atoms with E-state index in [9.17, 15) is 14.0 Å². The van der Waals surface area contributed by atoms with Crippen molar-refractivity contribution in [1.82, 2.24) is 10.2 Å². The lowest BCUT2D eigenvalue weighted by Crippen LogP contribution is -2.24. The zero-order valence-corrected chi connectivity index (χ0v) is 14.7. The zero-order valence-electron chi connectivity index (χ0n) is 13.1. The molecule has 0 aliphatic heterocycles. The van der Waals surface area contributed by atoms with E-state index in [-0.39, 0.29) is 23.4 Å². The number of rotatable bonds is 7. The topological polar surface area (TPSA) is 81.2 Å². The van der Waals surface area contributed by atoms with Gasteiger partial charge in [0.1, 0.15) is 10.8 Å². The molecule has 9 heteroatoms. The monoisotopic (exact) mass is 369 g/mol. The van der Waals surface area contributed by atoms with E-state index < -0.39 is 5.25 Å². The molecule has 128 valence electrons. The molecule has 0 saturated carbocycles. The normalized spacial score (nSPS) is 11.8. The van der Waals surface area contributed by atoms with Gasteiger partial charge in [-0.25, -0.2) is 4.39 Å². The quantitative estimate of drug-likeness (QED) is 0.756. The Bertz CT molecular complexity index is 706. The molecule has 0 aliphatic rings. The van der Waals surface area contributed by atoms with Gasteiger partial charge in [0, 0.05) is 5.56 Å². The fourth-order valence-electron chi connectivity index (χ4n) is 1.66. The van der Waals surface area contributed by atoms with Gasteiger partial charge >= 0.3 is 5.97 Å². The molecule has 1 aromatic carbocycles. The van der Waals surface area contributed by atoms with Crippen molar-refractivity contribution in [2.24, 2.45) is 0 Å². The fraction of sp³-hybridized carbons (Fsp3) is 0.333. The number of carbonyl (C=O) groups excluding carboxylic acids is 2. The highest BCUT2D eigenvalue weighted by atomic mass is 32.2. The average Bonchev–Trinajstić information content (AvgIpc) is 3.02. The van der Waals surface area contributed by atoms with Crippen LogP contribution in [0.5, 0.6) is 0 Å². The summed E-state index contributed by atoms with van der Waals surface area (Å²) in [6.07, 6.45) is 0. The first-order chi connectivity index (χ1) is 11.5. The van der Waals surface area contributed by atoms with Gasteiger partial charge in [0.15, 0.2) is 0 Å². The van der Waals surface area contributed by atoms with Gasteiger partial charge in [-0.15, -0.1) is 22.0 Å². The summed E-state index contributed by atoms with van der Waals surface area (Å²) in [5.74, 6) is -0.841. The fourth-order valence-corrected chi connectivity index (χ4v) is 3.09. The van der Waals surface area contributed by atoms with E-state index in [0.717, 1.165) is 5.56 Å². The molecule has 0 unspecified atom stereocenters. The third-order valence-corrected chi connectivity index (χ3v) is 4.88. The molecule has 1 heterocycles. The van der Waals surface area contributed by atoms with Crippen molar-refractivity contribution in [2.75, 3.05) is 17.7 Å². The SMILES string of the molecule is CCOC(=O)CS[C@H](C)C(=O)Nc1nnc(-c2ccc(F)cc2)s1. The van der Waals surface area contributed by atoms with Crippen LogP contribution in [0.3, 0.4) is 0 Å². The van der Waals surface area contributed by atoms with Gasteiger partial charge in [0.25, 0.3) is 0 Å². The Hall–Kier alpha value is -2.00. The van der Waals surface area contributed by atoms with E-state index in [1.807, 2.05) is 0 Å². The van der Waals surface area contributed by atoms with Crippen LogP contribution in [0.25, 0.3) is 10.6 Å². The van der Waals surface area contributed by atoms with Crippen molar-refractivity contribution < 1.29 is 18.7 Å². The molecule has 1 N–H and O–H groups in total. The minimum absolute atomic E-state index is 0.110. The Morgan fingerprint density at radius 2 is 2.04 bits per heavy atom. The Labute approximate surface area is 146 Å². The lowest BCUT2D eigenvalue weighted by atomic mass is 10.2. The molecule has 0 spiro atoms. The van der Waals surface area contributed by atoms with E-state index in [0.29, 0.717) is 16.7 Å². The van der Waals surface area contributed by atoms with Gasteiger partial charge < -0.3 is 4.74 Å². The number of carbonyl (C=O) groups is 2. The minimum atomic E-state index is -0.437. The van der Waals surface area contributed by atoms with Crippen LogP contribution in [0.15, 0.2) is 24.3 Å². The zero-order chi connectivity index (χ0) is 17.5. The Morgan fingerprint density at radius 3 is 2.71 bits per heavy atom. The number of thioether (sulfide) groups is 1. The van der Waals surface area contributed by atoms with Crippen LogP contribution in [0.2, 0.25) is 0 Å². The summed E-state index contributed by atoms with van der Waals surface area (Å²) < 4.78 is 17.7. The molecule has 0 aliphatic carbocycles. The standard InChI is InChI=1S/C15H16FN3O3S2/c1-3-22-12(20)8-23-9(2)13(21)17-15-19-18-14(24-15)10-4-6-11(16)7-5-10/h4-7,9H,3,8H2,1-2H3,(H,17,19,21)/t9-/m1/s1. The maximum atomic E-state index is 12.9. The molecule has 1 amide bonds. The minimum Gasteiger partial charge on any atom is -0.465 e. The number of halogens is 1. The van der Waals surface area contributed by atoms with E-state index in [4.69, 9.17) is 4.74 Å². The lowest BCUT2D eigenvalue weighted by Gasteiger charge is -2.09. The number of benzene rings is 1. The van der Waals surface area contributed by atoms with Crippen molar-refractivity contribution in [3.05, 3.63) is 30.1 Å². The van der Waals surface area contributed by atoms with Crippen LogP contribution in [-0.2, 0) is 14.3 Å². The number of anilines is 1. The van der Waals surface area contributed by atoms with Crippen molar-refractivity contribution in [3.8, 4) is 10.6 Å². The molecule has 0 fully saturated rings. The number of hydrogen-bond acceptors (Lipinski definition) is 7. The molecule has 0 radical (unpaired) electrons. The molecule has 24 heavy (non-hydrogen) atoms. The van der Waals surface area contributed by atoms with Crippen LogP contribution < -0.4 is 5.32 Å². The van der Waals surface area contributed by atoms with Crippen molar-refractivity contribution in [1.29, 1.82) is 0 Å². The van der Waals surface area contributed by atoms with E-state index >= 15 is 0 Å². The van der Waals surface area contributed by atoms with Gasteiger partial charge in [0.05, 0.1) is 17.6 Å². The molecule has 1 atom stereocenters. The van der Waals surface area contributed by atoms with Crippen LogP contribution in [-0.4, -0.2) is 39.7 Å². The number of hydrogen-bond donors (Lipinski definition) is 1. The van der Waals surface area contributed by atoms with E-state index in [2.05, 4.69) is 15.5 Å². The van der Waals surface area contributed by atoms with Gasteiger partial charge in [-0.2, -0.15) is 0 Å². The molecule has 0 bridgehead atoms. The lowest BCUT2D eigenvalue weighted by molar-refractivity contribution is -0.139. The third kappa shape index (κ3) is 5.27. The third-order valence-electron chi connectivity index (χ3n) is 2.87. The summed E-state index contributed by atoms with van der Waals surface area (Å²) in [6, 6.07) is 5.87. The number of nitrogens with zero attached hydrogens (tertiary/aromatic N) is 2.